The highest BCUT2D eigenvalue weighted by Gasteiger charge is 2.07. The lowest BCUT2D eigenvalue weighted by atomic mass is 10.1. The van der Waals surface area contributed by atoms with Crippen LogP contribution >= 0.6 is 27.3 Å². The molecule has 1 aromatic heterocycles. The summed E-state index contributed by atoms with van der Waals surface area (Å²) >= 11 is 5.35. The number of hydrogen-bond acceptors (Lipinski definition) is 2. The van der Waals surface area contributed by atoms with Gasteiger partial charge in [-0.25, -0.2) is 0 Å². The first kappa shape index (κ1) is 12.2. The Morgan fingerprint density at radius 1 is 0.850 bits per heavy atom. The van der Waals surface area contributed by atoms with E-state index in [9.17, 15) is 0 Å². The largest absolute Gasteiger partial charge is 0.497 e. The Bertz CT molecular complexity index is 955. The molecular formula is C17H11BrOS. The highest BCUT2D eigenvalue weighted by atomic mass is 79.9. The zero-order valence-corrected chi connectivity index (χ0v) is 13.2. The number of hydrogen-bond donors (Lipinski definition) is 0. The summed E-state index contributed by atoms with van der Waals surface area (Å²) in [7, 11) is 1.71. The van der Waals surface area contributed by atoms with Crippen LogP contribution < -0.4 is 4.74 Å². The van der Waals surface area contributed by atoms with Crippen LogP contribution in [0.3, 0.4) is 0 Å². The number of benzene rings is 3. The van der Waals surface area contributed by atoms with Gasteiger partial charge >= 0.3 is 0 Å². The molecule has 0 amide bonds. The van der Waals surface area contributed by atoms with E-state index in [0.717, 1.165) is 10.2 Å². The summed E-state index contributed by atoms with van der Waals surface area (Å²) < 4.78 is 9.02. The zero-order valence-electron chi connectivity index (χ0n) is 10.8. The quantitative estimate of drug-likeness (QED) is 0.413. The monoisotopic (exact) mass is 342 g/mol. The van der Waals surface area contributed by atoms with E-state index < -0.39 is 0 Å². The standard InChI is InChI=1S/C17H11BrOS/c1-19-13-4-5-14-15-7-10-2-3-12(18)6-11(10)8-16(15)20-17(14)9-13/h2-9H,1H3. The molecule has 4 aromatic rings. The predicted octanol–water partition coefficient (Wildman–Crippen LogP) is 5.98. The van der Waals surface area contributed by atoms with Crippen molar-refractivity contribution in [1.82, 2.24) is 0 Å². The molecule has 3 heteroatoms. The third kappa shape index (κ3) is 1.81. The lowest BCUT2D eigenvalue weighted by molar-refractivity contribution is 0.415. The van der Waals surface area contributed by atoms with Gasteiger partial charge in [0.1, 0.15) is 5.75 Å². The zero-order chi connectivity index (χ0) is 13.7. The first-order chi connectivity index (χ1) is 9.74. The lowest BCUT2D eigenvalue weighted by Gasteiger charge is -2.00. The third-order valence-electron chi connectivity index (χ3n) is 3.60. The molecule has 0 bridgehead atoms. The van der Waals surface area contributed by atoms with Gasteiger partial charge in [0.2, 0.25) is 0 Å². The van der Waals surface area contributed by atoms with E-state index in [-0.39, 0.29) is 0 Å². The maximum Gasteiger partial charge on any atom is 0.120 e. The smallest absolute Gasteiger partial charge is 0.120 e. The minimum absolute atomic E-state index is 0.913. The van der Waals surface area contributed by atoms with E-state index in [4.69, 9.17) is 4.74 Å². The second-order valence-electron chi connectivity index (χ2n) is 4.80. The van der Waals surface area contributed by atoms with Crippen molar-refractivity contribution in [2.75, 3.05) is 7.11 Å². The maximum absolute atomic E-state index is 5.31. The molecule has 4 rings (SSSR count). The van der Waals surface area contributed by atoms with Crippen LogP contribution in [0.2, 0.25) is 0 Å². The van der Waals surface area contributed by atoms with Crippen LogP contribution in [0.1, 0.15) is 0 Å². The lowest BCUT2D eigenvalue weighted by Crippen LogP contribution is -1.80. The molecule has 0 saturated carbocycles. The molecular weight excluding hydrogens is 332 g/mol. The van der Waals surface area contributed by atoms with Gasteiger partial charge in [-0.3, -0.25) is 0 Å². The number of fused-ring (bicyclic) bond motifs is 4. The van der Waals surface area contributed by atoms with Gasteiger partial charge in [0.15, 0.2) is 0 Å². The third-order valence-corrected chi connectivity index (χ3v) is 5.21. The molecule has 1 nitrogen and oxygen atoms in total. The molecule has 1 heterocycles. The van der Waals surface area contributed by atoms with Crippen LogP contribution in [0.5, 0.6) is 5.75 Å². The number of thiophene rings is 1. The molecule has 0 aliphatic rings. The van der Waals surface area contributed by atoms with E-state index in [0.29, 0.717) is 0 Å². The van der Waals surface area contributed by atoms with Gasteiger partial charge in [0.05, 0.1) is 7.11 Å². The summed E-state index contributed by atoms with van der Waals surface area (Å²) in [5.74, 6) is 0.913. The molecule has 0 spiro atoms. The molecule has 0 aliphatic carbocycles. The number of rotatable bonds is 1. The topological polar surface area (TPSA) is 9.23 Å². The summed E-state index contributed by atoms with van der Waals surface area (Å²) in [6.45, 7) is 0. The van der Waals surface area contributed by atoms with Crippen molar-refractivity contribution < 1.29 is 4.74 Å². The first-order valence-corrected chi connectivity index (χ1v) is 7.95. The van der Waals surface area contributed by atoms with Gasteiger partial charge in [0.25, 0.3) is 0 Å². The van der Waals surface area contributed by atoms with E-state index in [1.165, 1.54) is 30.9 Å². The summed E-state index contributed by atoms with van der Waals surface area (Å²) in [5, 5.41) is 5.17. The normalized spacial score (nSPS) is 11.5. The Labute approximate surface area is 128 Å². The van der Waals surface area contributed by atoms with Gasteiger partial charge in [-0.2, -0.15) is 0 Å². The van der Waals surface area contributed by atoms with Crippen molar-refractivity contribution in [3.63, 3.8) is 0 Å². The molecule has 0 radical (unpaired) electrons. The average Bonchev–Trinajstić information content (AvgIpc) is 2.81. The molecule has 0 N–H and O–H groups in total. The fourth-order valence-corrected chi connectivity index (χ4v) is 4.14. The molecule has 0 fully saturated rings. The summed E-state index contributed by atoms with van der Waals surface area (Å²) in [5.41, 5.74) is 0. The van der Waals surface area contributed by atoms with E-state index >= 15 is 0 Å². The summed E-state index contributed by atoms with van der Waals surface area (Å²) in [4.78, 5) is 0. The van der Waals surface area contributed by atoms with Crippen molar-refractivity contribution in [3.8, 4) is 5.75 Å². The van der Waals surface area contributed by atoms with Gasteiger partial charge in [-0.15, -0.1) is 11.3 Å². The number of ether oxygens (including phenoxy) is 1. The van der Waals surface area contributed by atoms with Crippen LogP contribution in [0.15, 0.2) is 53.0 Å². The first-order valence-electron chi connectivity index (χ1n) is 6.34. The van der Waals surface area contributed by atoms with Gasteiger partial charge in [-0.1, -0.05) is 22.0 Å². The fraction of sp³-hybridized carbons (Fsp3) is 0.0588. The second kappa shape index (κ2) is 4.47. The molecule has 0 saturated heterocycles. The minimum atomic E-state index is 0.913. The predicted molar refractivity (Wildman–Crippen MR) is 91.1 cm³/mol. The maximum atomic E-state index is 5.31. The Morgan fingerprint density at radius 3 is 2.55 bits per heavy atom. The Hall–Kier alpha value is -1.58. The van der Waals surface area contributed by atoms with Crippen molar-refractivity contribution in [1.29, 1.82) is 0 Å². The van der Waals surface area contributed by atoms with Crippen LogP contribution in [0.4, 0.5) is 0 Å². The van der Waals surface area contributed by atoms with Crippen molar-refractivity contribution in [3.05, 3.63) is 53.0 Å². The van der Waals surface area contributed by atoms with Gasteiger partial charge in [0, 0.05) is 24.6 Å². The van der Waals surface area contributed by atoms with Crippen molar-refractivity contribution >= 4 is 58.2 Å². The van der Waals surface area contributed by atoms with E-state index in [1.54, 1.807) is 7.11 Å². The van der Waals surface area contributed by atoms with Crippen LogP contribution in [0.25, 0.3) is 30.9 Å². The Morgan fingerprint density at radius 2 is 1.70 bits per heavy atom. The Kier molecular flexibility index (Phi) is 2.72. The van der Waals surface area contributed by atoms with Crippen LogP contribution in [-0.2, 0) is 0 Å². The second-order valence-corrected chi connectivity index (χ2v) is 6.80. The molecule has 20 heavy (non-hydrogen) atoms. The van der Waals surface area contributed by atoms with Gasteiger partial charge in [-0.05, 0) is 53.2 Å². The summed E-state index contributed by atoms with van der Waals surface area (Å²) in [6.07, 6.45) is 0. The SMILES string of the molecule is COc1ccc2c(c1)sc1cc3cc(Br)ccc3cc12. The molecule has 0 unspecified atom stereocenters. The van der Waals surface area contributed by atoms with Crippen LogP contribution in [-0.4, -0.2) is 7.11 Å². The van der Waals surface area contributed by atoms with Crippen LogP contribution in [0, 0.1) is 0 Å². The highest BCUT2D eigenvalue weighted by molar-refractivity contribution is 9.10. The molecule has 98 valence electrons. The van der Waals surface area contributed by atoms with Crippen molar-refractivity contribution in [2.24, 2.45) is 0 Å². The van der Waals surface area contributed by atoms with E-state index in [1.807, 2.05) is 17.4 Å². The molecule has 0 atom stereocenters. The minimum Gasteiger partial charge on any atom is -0.497 e. The molecule has 0 aliphatic heterocycles. The van der Waals surface area contributed by atoms with Crippen molar-refractivity contribution in [2.45, 2.75) is 0 Å². The van der Waals surface area contributed by atoms with E-state index in [2.05, 4.69) is 58.4 Å². The average molecular weight is 343 g/mol. The van der Waals surface area contributed by atoms with Gasteiger partial charge < -0.3 is 4.74 Å². The summed E-state index contributed by atoms with van der Waals surface area (Å²) in [6, 6.07) is 17.3. The fourth-order valence-electron chi connectivity index (χ4n) is 2.60. The highest BCUT2D eigenvalue weighted by Crippen LogP contribution is 2.38. The number of halogens is 1. The Balaban J connectivity index is 2.12. The molecule has 3 aromatic carbocycles. The number of methoxy groups -OCH3 is 1.